The molecule has 1 N–H and O–H groups in total. The van der Waals surface area contributed by atoms with E-state index in [2.05, 4.69) is 11.9 Å². The Balaban J connectivity index is 3.08. The highest BCUT2D eigenvalue weighted by Gasteiger charge is 2.40. The first-order chi connectivity index (χ1) is 9.12. The Morgan fingerprint density at radius 1 is 1.45 bits per heavy atom. The molecule has 0 heterocycles. The van der Waals surface area contributed by atoms with Crippen molar-refractivity contribution in [3.8, 4) is 0 Å². The van der Waals surface area contributed by atoms with Crippen LogP contribution in [-0.2, 0) is 4.79 Å². The minimum Gasteiger partial charge on any atom is -0.323 e. The van der Waals surface area contributed by atoms with E-state index >= 15 is 0 Å². The van der Waals surface area contributed by atoms with Gasteiger partial charge in [-0.2, -0.15) is 13.2 Å². The number of nitro groups is 1. The van der Waals surface area contributed by atoms with Crippen LogP contribution in [0, 0.1) is 10.1 Å². The standard InChI is InChI=1S/C12H11F3N2O3/c1-7(2)11(18)16-8-3-5-9(12(13,14)15)10(6-4-8)17(19)20/h3-4,6H,1,5H2,2H3,(H,16,18). The Morgan fingerprint density at radius 2 is 2.05 bits per heavy atom. The number of carbonyl (C=O) groups is 1. The fourth-order valence-corrected chi connectivity index (χ4v) is 1.42. The van der Waals surface area contributed by atoms with Gasteiger partial charge in [-0.05, 0) is 13.0 Å². The number of alkyl halides is 3. The SMILES string of the molecule is C=C(C)C(=O)NC1=CCC(C(F)(F)F)=C([N+](=O)[O-])C=C1. The number of rotatable bonds is 3. The Hall–Kier alpha value is -2.38. The second kappa shape index (κ2) is 5.72. The minimum atomic E-state index is -4.81. The van der Waals surface area contributed by atoms with Gasteiger partial charge in [0.25, 0.3) is 11.6 Å². The van der Waals surface area contributed by atoms with Gasteiger partial charge in [-0.15, -0.1) is 0 Å². The zero-order chi connectivity index (χ0) is 15.5. The third-order valence-electron chi connectivity index (χ3n) is 2.44. The predicted octanol–water partition coefficient (Wildman–Crippen LogP) is 2.62. The van der Waals surface area contributed by atoms with E-state index in [4.69, 9.17) is 0 Å². The quantitative estimate of drug-likeness (QED) is 0.493. The molecular formula is C12H11F3N2O3. The fourth-order valence-electron chi connectivity index (χ4n) is 1.42. The third-order valence-corrected chi connectivity index (χ3v) is 2.44. The zero-order valence-corrected chi connectivity index (χ0v) is 10.5. The molecule has 1 aliphatic rings. The van der Waals surface area contributed by atoms with Gasteiger partial charge in [0, 0.05) is 23.8 Å². The van der Waals surface area contributed by atoms with Crippen molar-refractivity contribution in [3.63, 3.8) is 0 Å². The highest BCUT2D eigenvalue weighted by Crippen LogP contribution is 2.33. The fraction of sp³-hybridized carbons (Fsp3) is 0.250. The Morgan fingerprint density at radius 3 is 2.50 bits per heavy atom. The second-order valence-corrected chi connectivity index (χ2v) is 4.05. The predicted molar refractivity (Wildman–Crippen MR) is 64.9 cm³/mol. The highest BCUT2D eigenvalue weighted by molar-refractivity contribution is 5.93. The Bertz CT molecular complexity index is 557. The first kappa shape index (κ1) is 15.7. The molecule has 0 unspecified atom stereocenters. The maximum Gasteiger partial charge on any atom is 0.419 e. The first-order valence-corrected chi connectivity index (χ1v) is 5.42. The van der Waals surface area contributed by atoms with Crippen molar-refractivity contribution >= 4 is 5.91 Å². The topological polar surface area (TPSA) is 72.2 Å². The summed E-state index contributed by atoms with van der Waals surface area (Å²) in [5.74, 6) is -0.570. The molecule has 0 saturated carbocycles. The van der Waals surface area contributed by atoms with E-state index in [0.717, 1.165) is 18.2 Å². The lowest BCUT2D eigenvalue weighted by Crippen LogP contribution is -2.22. The summed E-state index contributed by atoms with van der Waals surface area (Å²) in [4.78, 5) is 20.9. The highest BCUT2D eigenvalue weighted by atomic mass is 19.4. The number of nitrogens with zero attached hydrogens (tertiary/aromatic N) is 1. The molecule has 5 nitrogen and oxygen atoms in total. The molecule has 0 aromatic carbocycles. The molecule has 0 atom stereocenters. The van der Waals surface area contributed by atoms with Gasteiger partial charge in [-0.25, -0.2) is 0 Å². The first-order valence-electron chi connectivity index (χ1n) is 5.42. The van der Waals surface area contributed by atoms with Crippen molar-refractivity contribution in [2.75, 3.05) is 0 Å². The van der Waals surface area contributed by atoms with E-state index in [1.54, 1.807) is 0 Å². The summed E-state index contributed by atoms with van der Waals surface area (Å²) in [5, 5.41) is 13.0. The smallest absolute Gasteiger partial charge is 0.323 e. The van der Waals surface area contributed by atoms with Gasteiger partial charge in [0.05, 0.1) is 4.92 Å². The lowest BCUT2D eigenvalue weighted by molar-refractivity contribution is -0.422. The monoisotopic (exact) mass is 288 g/mol. The number of hydrogen-bond acceptors (Lipinski definition) is 3. The van der Waals surface area contributed by atoms with Crippen LogP contribution in [0.5, 0.6) is 0 Å². The summed E-state index contributed by atoms with van der Waals surface area (Å²) in [6, 6.07) is 0. The summed E-state index contributed by atoms with van der Waals surface area (Å²) in [6.45, 7) is 4.81. The van der Waals surface area contributed by atoms with Crippen molar-refractivity contribution in [2.24, 2.45) is 0 Å². The molecule has 1 rings (SSSR count). The number of carbonyl (C=O) groups excluding carboxylic acids is 1. The molecule has 0 saturated heterocycles. The van der Waals surface area contributed by atoms with Crippen molar-refractivity contribution < 1.29 is 22.9 Å². The van der Waals surface area contributed by atoms with Gasteiger partial charge < -0.3 is 5.32 Å². The van der Waals surface area contributed by atoms with Gasteiger partial charge in [0.15, 0.2) is 0 Å². The molecule has 0 fully saturated rings. The third kappa shape index (κ3) is 3.81. The van der Waals surface area contributed by atoms with Crippen molar-refractivity contribution in [2.45, 2.75) is 19.5 Å². The van der Waals surface area contributed by atoms with E-state index in [9.17, 15) is 28.1 Å². The minimum absolute atomic E-state index is 0.0524. The van der Waals surface area contributed by atoms with Crippen LogP contribution in [0.4, 0.5) is 13.2 Å². The molecule has 20 heavy (non-hydrogen) atoms. The van der Waals surface area contributed by atoms with Gasteiger partial charge >= 0.3 is 6.18 Å². The molecule has 0 aromatic heterocycles. The van der Waals surface area contributed by atoms with Crippen LogP contribution in [0.15, 0.2) is 47.3 Å². The summed E-state index contributed by atoms with van der Waals surface area (Å²) in [6.07, 6.45) is -2.66. The maximum atomic E-state index is 12.7. The second-order valence-electron chi connectivity index (χ2n) is 4.05. The number of amides is 1. The van der Waals surface area contributed by atoms with E-state index < -0.39 is 34.7 Å². The molecule has 1 aliphatic carbocycles. The van der Waals surface area contributed by atoms with Crippen LogP contribution < -0.4 is 5.32 Å². The molecule has 1 amide bonds. The molecule has 0 bridgehead atoms. The summed E-state index contributed by atoms with van der Waals surface area (Å²) in [5.41, 5.74) is -2.08. The molecule has 0 spiro atoms. The van der Waals surface area contributed by atoms with Crippen LogP contribution in [0.3, 0.4) is 0 Å². The Labute approximate surface area is 112 Å². The molecule has 8 heteroatoms. The zero-order valence-electron chi connectivity index (χ0n) is 10.5. The van der Waals surface area contributed by atoms with Crippen molar-refractivity contribution in [3.05, 3.63) is 57.5 Å². The van der Waals surface area contributed by atoms with Gasteiger partial charge in [-0.3, -0.25) is 14.9 Å². The summed E-state index contributed by atoms with van der Waals surface area (Å²) >= 11 is 0. The van der Waals surface area contributed by atoms with E-state index in [1.165, 1.54) is 6.92 Å². The Kier molecular flexibility index (Phi) is 4.49. The van der Waals surface area contributed by atoms with Crippen LogP contribution in [0.1, 0.15) is 13.3 Å². The van der Waals surface area contributed by atoms with Crippen molar-refractivity contribution in [1.29, 1.82) is 0 Å². The normalized spacial score (nSPS) is 15.5. The van der Waals surface area contributed by atoms with E-state index in [1.807, 2.05) is 0 Å². The molecule has 0 aromatic rings. The van der Waals surface area contributed by atoms with Crippen LogP contribution >= 0.6 is 0 Å². The number of allylic oxidation sites excluding steroid dienone is 4. The average Bonchev–Trinajstić information content (AvgIpc) is 2.50. The van der Waals surface area contributed by atoms with Crippen LogP contribution in [0.2, 0.25) is 0 Å². The molecule has 0 radical (unpaired) electrons. The summed E-state index contributed by atoms with van der Waals surface area (Å²) < 4.78 is 38.2. The van der Waals surface area contributed by atoms with E-state index in [-0.39, 0.29) is 11.3 Å². The average molecular weight is 288 g/mol. The summed E-state index contributed by atoms with van der Waals surface area (Å²) in [7, 11) is 0. The molecule has 0 aliphatic heterocycles. The van der Waals surface area contributed by atoms with E-state index in [0.29, 0.717) is 0 Å². The molecule has 108 valence electrons. The van der Waals surface area contributed by atoms with Crippen LogP contribution in [0.25, 0.3) is 0 Å². The van der Waals surface area contributed by atoms with Crippen molar-refractivity contribution in [1.82, 2.24) is 5.32 Å². The van der Waals surface area contributed by atoms with Gasteiger partial charge in [0.1, 0.15) is 5.57 Å². The number of nitrogens with one attached hydrogen (secondary N) is 1. The van der Waals surface area contributed by atoms with Gasteiger partial charge in [-0.1, -0.05) is 12.7 Å². The lowest BCUT2D eigenvalue weighted by Gasteiger charge is -2.08. The maximum absolute atomic E-state index is 12.7. The van der Waals surface area contributed by atoms with Gasteiger partial charge in [0.2, 0.25) is 0 Å². The number of hydrogen-bond donors (Lipinski definition) is 1. The van der Waals surface area contributed by atoms with Crippen LogP contribution in [-0.4, -0.2) is 17.0 Å². The molecular weight excluding hydrogens is 277 g/mol. The largest absolute Gasteiger partial charge is 0.419 e. The number of halogens is 3. The lowest BCUT2D eigenvalue weighted by atomic mass is 10.1.